The summed E-state index contributed by atoms with van der Waals surface area (Å²) in [5, 5.41) is 10.3. The van der Waals surface area contributed by atoms with Crippen LogP contribution >= 0.6 is 0 Å². The Labute approximate surface area is 111 Å². The van der Waals surface area contributed by atoms with E-state index in [-0.39, 0.29) is 0 Å². The maximum absolute atomic E-state index is 5.90. The van der Waals surface area contributed by atoms with Crippen LogP contribution in [-0.2, 0) is 6.42 Å². The number of hydrogen-bond donors (Lipinski definition) is 1. The first-order chi connectivity index (χ1) is 9.31. The number of nitrogens with two attached hydrogens (primary N) is 1. The van der Waals surface area contributed by atoms with Crippen molar-refractivity contribution >= 4 is 16.6 Å². The molecule has 5 heteroatoms. The number of rotatable bonds is 3. The molecule has 0 spiro atoms. The van der Waals surface area contributed by atoms with Crippen LogP contribution in [0.25, 0.3) is 16.5 Å². The molecule has 3 aromatic rings. The molecule has 2 aromatic heterocycles. The van der Waals surface area contributed by atoms with Gasteiger partial charge < -0.3 is 5.73 Å². The summed E-state index contributed by atoms with van der Waals surface area (Å²) in [4.78, 5) is 4.19. The van der Waals surface area contributed by atoms with Crippen LogP contribution in [0, 0.1) is 0 Å². The normalized spacial score (nSPS) is 11.0. The van der Waals surface area contributed by atoms with Crippen molar-refractivity contribution in [3.8, 4) is 5.69 Å². The van der Waals surface area contributed by atoms with Crippen LogP contribution in [0.15, 0.2) is 36.7 Å². The second-order valence-electron chi connectivity index (χ2n) is 4.46. The average molecular weight is 253 g/mol. The van der Waals surface area contributed by atoms with Crippen molar-refractivity contribution in [1.82, 2.24) is 20.0 Å². The minimum absolute atomic E-state index is 0.503. The zero-order valence-corrected chi connectivity index (χ0v) is 10.7. The fraction of sp³-hybridized carbons (Fsp3) is 0.214. The molecule has 19 heavy (non-hydrogen) atoms. The van der Waals surface area contributed by atoms with Crippen LogP contribution in [0.2, 0.25) is 0 Å². The Morgan fingerprint density at radius 2 is 2.16 bits per heavy atom. The minimum Gasteiger partial charge on any atom is -0.381 e. The molecule has 5 nitrogen and oxygen atoms in total. The number of nitrogen functional groups attached to an aromatic ring is 1. The van der Waals surface area contributed by atoms with E-state index in [1.807, 2.05) is 29.1 Å². The Morgan fingerprint density at radius 3 is 3.00 bits per heavy atom. The second-order valence-corrected chi connectivity index (χ2v) is 4.46. The van der Waals surface area contributed by atoms with Gasteiger partial charge in [0.1, 0.15) is 0 Å². The van der Waals surface area contributed by atoms with Crippen molar-refractivity contribution in [3.05, 3.63) is 42.4 Å². The standard InChI is InChI=1S/C14H15N5/c1-2-4-13-14(15)17-18-19(13)12-6-3-5-10-7-8-16-9-11(10)12/h3,5-9H,2,4,15H2,1H3. The van der Waals surface area contributed by atoms with Crippen LogP contribution in [-0.4, -0.2) is 20.0 Å². The van der Waals surface area contributed by atoms with E-state index < -0.39 is 0 Å². The quantitative estimate of drug-likeness (QED) is 0.777. The number of aromatic nitrogens is 4. The fourth-order valence-corrected chi connectivity index (χ4v) is 2.26. The Kier molecular flexibility index (Phi) is 2.87. The van der Waals surface area contributed by atoms with Gasteiger partial charge in [-0.05, 0) is 23.9 Å². The molecular formula is C14H15N5. The SMILES string of the molecule is CCCc1c(N)nnn1-c1cccc2ccncc12. The molecule has 3 rings (SSSR count). The number of anilines is 1. The third-order valence-corrected chi connectivity index (χ3v) is 3.17. The summed E-state index contributed by atoms with van der Waals surface area (Å²) >= 11 is 0. The number of hydrogen-bond acceptors (Lipinski definition) is 4. The highest BCUT2D eigenvalue weighted by molar-refractivity contribution is 5.89. The highest BCUT2D eigenvalue weighted by Gasteiger charge is 2.12. The second kappa shape index (κ2) is 4.68. The van der Waals surface area contributed by atoms with E-state index in [0.717, 1.165) is 35.0 Å². The van der Waals surface area contributed by atoms with Crippen molar-refractivity contribution in [2.75, 3.05) is 5.73 Å². The molecule has 0 unspecified atom stereocenters. The van der Waals surface area contributed by atoms with Gasteiger partial charge in [0, 0.05) is 17.8 Å². The molecule has 0 aliphatic rings. The lowest BCUT2D eigenvalue weighted by molar-refractivity contribution is 0.749. The number of pyridine rings is 1. The number of fused-ring (bicyclic) bond motifs is 1. The molecule has 0 aliphatic carbocycles. The highest BCUT2D eigenvalue weighted by Crippen LogP contribution is 2.23. The average Bonchev–Trinajstić information content (AvgIpc) is 2.80. The van der Waals surface area contributed by atoms with E-state index >= 15 is 0 Å². The molecule has 2 N–H and O–H groups in total. The summed E-state index contributed by atoms with van der Waals surface area (Å²) in [7, 11) is 0. The largest absolute Gasteiger partial charge is 0.381 e. The van der Waals surface area contributed by atoms with Gasteiger partial charge in [0.15, 0.2) is 5.82 Å². The molecule has 0 atom stereocenters. The van der Waals surface area contributed by atoms with Gasteiger partial charge in [-0.15, -0.1) is 5.10 Å². The van der Waals surface area contributed by atoms with E-state index in [1.54, 1.807) is 6.20 Å². The van der Waals surface area contributed by atoms with Crippen molar-refractivity contribution in [1.29, 1.82) is 0 Å². The van der Waals surface area contributed by atoms with Crippen LogP contribution in [0.5, 0.6) is 0 Å². The lowest BCUT2D eigenvalue weighted by atomic mass is 10.1. The molecule has 0 saturated heterocycles. The molecule has 2 heterocycles. The van der Waals surface area contributed by atoms with E-state index in [1.165, 1.54) is 0 Å². The van der Waals surface area contributed by atoms with Gasteiger partial charge in [0.25, 0.3) is 0 Å². The molecule has 0 fully saturated rings. The highest BCUT2D eigenvalue weighted by atomic mass is 15.4. The summed E-state index contributed by atoms with van der Waals surface area (Å²) in [6, 6.07) is 8.06. The van der Waals surface area contributed by atoms with Gasteiger partial charge in [-0.3, -0.25) is 4.98 Å². The van der Waals surface area contributed by atoms with Crippen LogP contribution in [0.1, 0.15) is 19.0 Å². The lowest BCUT2D eigenvalue weighted by Crippen LogP contribution is -2.04. The van der Waals surface area contributed by atoms with E-state index in [4.69, 9.17) is 5.73 Å². The third kappa shape index (κ3) is 1.93. The Balaban J connectivity index is 2.25. The molecule has 0 saturated carbocycles. The summed E-state index contributed by atoms with van der Waals surface area (Å²) in [5.74, 6) is 0.503. The van der Waals surface area contributed by atoms with Crippen molar-refractivity contribution in [3.63, 3.8) is 0 Å². The summed E-state index contributed by atoms with van der Waals surface area (Å²) in [5.41, 5.74) is 7.83. The Morgan fingerprint density at radius 1 is 1.26 bits per heavy atom. The summed E-state index contributed by atoms with van der Waals surface area (Å²) in [6.07, 6.45) is 5.49. The maximum atomic E-state index is 5.90. The zero-order chi connectivity index (χ0) is 13.2. The van der Waals surface area contributed by atoms with E-state index in [9.17, 15) is 0 Å². The first-order valence-corrected chi connectivity index (χ1v) is 6.34. The van der Waals surface area contributed by atoms with Crippen molar-refractivity contribution < 1.29 is 0 Å². The zero-order valence-electron chi connectivity index (χ0n) is 10.7. The minimum atomic E-state index is 0.503. The monoisotopic (exact) mass is 253 g/mol. The predicted molar refractivity (Wildman–Crippen MR) is 75.1 cm³/mol. The number of benzene rings is 1. The first kappa shape index (κ1) is 11.6. The molecule has 96 valence electrons. The van der Waals surface area contributed by atoms with Gasteiger partial charge in [0.05, 0.1) is 11.4 Å². The van der Waals surface area contributed by atoms with E-state index in [0.29, 0.717) is 5.82 Å². The van der Waals surface area contributed by atoms with E-state index in [2.05, 4.69) is 28.3 Å². The fourth-order valence-electron chi connectivity index (χ4n) is 2.26. The Hall–Kier alpha value is -2.43. The summed E-state index contributed by atoms with van der Waals surface area (Å²) in [6.45, 7) is 2.11. The number of nitrogens with zero attached hydrogens (tertiary/aromatic N) is 4. The molecule has 0 aliphatic heterocycles. The molecule has 0 amide bonds. The topological polar surface area (TPSA) is 69.6 Å². The van der Waals surface area contributed by atoms with Crippen LogP contribution in [0.3, 0.4) is 0 Å². The van der Waals surface area contributed by atoms with Crippen molar-refractivity contribution in [2.24, 2.45) is 0 Å². The lowest BCUT2D eigenvalue weighted by Gasteiger charge is -2.08. The Bertz CT molecular complexity index is 711. The van der Waals surface area contributed by atoms with Crippen LogP contribution < -0.4 is 5.73 Å². The van der Waals surface area contributed by atoms with Crippen molar-refractivity contribution in [2.45, 2.75) is 19.8 Å². The van der Waals surface area contributed by atoms with Gasteiger partial charge in [-0.1, -0.05) is 30.7 Å². The van der Waals surface area contributed by atoms with Gasteiger partial charge in [-0.25, -0.2) is 4.68 Å². The molecular weight excluding hydrogens is 238 g/mol. The van der Waals surface area contributed by atoms with Gasteiger partial charge >= 0.3 is 0 Å². The third-order valence-electron chi connectivity index (χ3n) is 3.17. The van der Waals surface area contributed by atoms with Gasteiger partial charge in [0.2, 0.25) is 0 Å². The van der Waals surface area contributed by atoms with Gasteiger partial charge in [-0.2, -0.15) is 0 Å². The molecule has 0 bridgehead atoms. The summed E-state index contributed by atoms with van der Waals surface area (Å²) < 4.78 is 1.82. The van der Waals surface area contributed by atoms with Crippen LogP contribution in [0.4, 0.5) is 5.82 Å². The smallest absolute Gasteiger partial charge is 0.169 e. The molecule has 0 radical (unpaired) electrons. The predicted octanol–water partition coefficient (Wildman–Crippen LogP) is 2.35. The molecule has 1 aromatic carbocycles. The maximum Gasteiger partial charge on any atom is 0.169 e. The first-order valence-electron chi connectivity index (χ1n) is 6.34.